The smallest absolute Gasteiger partial charge is 0.266 e. The van der Waals surface area contributed by atoms with Crippen LogP contribution in [0, 0.1) is 11.3 Å². The highest BCUT2D eigenvalue weighted by molar-refractivity contribution is 6.32. The summed E-state index contributed by atoms with van der Waals surface area (Å²) in [6.07, 6.45) is 1.41. The molecule has 2 N–H and O–H groups in total. The van der Waals surface area contributed by atoms with Crippen molar-refractivity contribution in [2.45, 2.75) is 6.61 Å². The second-order valence-electron chi connectivity index (χ2n) is 7.68. The number of carbonyl (C=O) groups excluding carboxylic acids is 1. The molecule has 174 valence electrons. The van der Waals surface area contributed by atoms with Gasteiger partial charge in [-0.25, -0.2) is 0 Å². The van der Waals surface area contributed by atoms with Crippen molar-refractivity contribution in [3.63, 3.8) is 0 Å². The molecule has 0 unspecified atom stereocenters. The summed E-state index contributed by atoms with van der Waals surface area (Å²) in [5, 5.41) is 24.0. The van der Waals surface area contributed by atoms with Crippen LogP contribution in [0.25, 0.3) is 16.8 Å². The minimum Gasteiger partial charge on any atom is -0.508 e. The number of methoxy groups -OCH3 is 1. The Morgan fingerprint density at radius 1 is 1.06 bits per heavy atom. The number of hydrogen-bond acceptors (Lipinski definition) is 5. The van der Waals surface area contributed by atoms with Gasteiger partial charge in [-0.05, 0) is 70.4 Å². The van der Waals surface area contributed by atoms with Crippen LogP contribution in [0.3, 0.4) is 0 Å². The molecule has 0 saturated heterocycles. The maximum Gasteiger partial charge on any atom is 0.266 e. The van der Waals surface area contributed by atoms with Crippen LogP contribution in [0.2, 0.25) is 5.02 Å². The fourth-order valence-corrected chi connectivity index (χ4v) is 3.78. The third-order valence-electron chi connectivity index (χ3n) is 5.25. The number of phenols is 1. The number of halogens is 1. The van der Waals surface area contributed by atoms with E-state index in [-0.39, 0.29) is 23.0 Å². The van der Waals surface area contributed by atoms with Gasteiger partial charge in [-0.15, -0.1) is 0 Å². The van der Waals surface area contributed by atoms with Crippen LogP contribution in [0.4, 0.5) is 5.69 Å². The maximum absolute atomic E-state index is 12.5. The predicted molar refractivity (Wildman–Crippen MR) is 137 cm³/mol. The Kier molecular flexibility index (Phi) is 7.20. The quantitative estimate of drug-likeness (QED) is 0.181. The summed E-state index contributed by atoms with van der Waals surface area (Å²) in [5.74, 6) is 0.223. The summed E-state index contributed by atoms with van der Waals surface area (Å²) < 4.78 is 11.4. The molecule has 0 spiro atoms. The van der Waals surface area contributed by atoms with Crippen molar-refractivity contribution in [3.05, 3.63) is 101 Å². The molecule has 0 radical (unpaired) electrons. The summed E-state index contributed by atoms with van der Waals surface area (Å²) >= 11 is 6.48. The van der Waals surface area contributed by atoms with Crippen molar-refractivity contribution in [2.75, 3.05) is 12.4 Å². The molecular weight excluding hydrogens is 464 g/mol. The summed E-state index contributed by atoms with van der Waals surface area (Å²) in [6.45, 7) is 0.286. The Morgan fingerprint density at radius 3 is 2.51 bits per heavy atom. The van der Waals surface area contributed by atoms with Gasteiger partial charge in [0, 0.05) is 5.69 Å². The molecule has 0 aliphatic rings. The molecule has 6 nitrogen and oxygen atoms in total. The number of phenolic OH excluding ortho intramolecular Hbond substituents is 1. The van der Waals surface area contributed by atoms with Gasteiger partial charge >= 0.3 is 0 Å². The Hall–Kier alpha value is -4.47. The van der Waals surface area contributed by atoms with Crippen LogP contribution in [0.15, 0.2) is 84.4 Å². The van der Waals surface area contributed by atoms with Gasteiger partial charge in [0.2, 0.25) is 0 Å². The van der Waals surface area contributed by atoms with Crippen molar-refractivity contribution in [3.8, 4) is 23.3 Å². The molecule has 7 heteroatoms. The molecule has 0 saturated carbocycles. The van der Waals surface area contributed by atoms with Crippen LogP contribution < -0.4 is 14.8 Å². The molecule has 0 aliphatic carbocycles. The number of aromatic hydroxyl groups is 1. The Balaban J connectivity index is 1.53. The zero-order valence-corrected chi connectivity index (χ0v) is 19.5. The van der Waals surface area contributed by atoms with E-state index in [0.717, 1.165) is 16.3 Å². The molecule has 0 aliphatic heterocycles. The van der Waals surface area contributed by atoms with Gasteiger partial charge in [-0.2, -0.15) is 5.26 Å². The number of ether oxygens (including phenoxy) is 2. The highest BCUT2D eigenvalue weighted by Crippen LogP contribution is 2.37. The van der Waals surface area contributed by atoms with Crippen LogP contribution in [0.1, 0.15) is 11.1 Å². The lowest BCUT2D eigenvalue weighted by molar-refractivity contribution is -0.112. The van der Waals surface area contributed by atoms with Gasteiger partial charge < -0.3 is 19.9 Å². The molecule has 4 aromatic rings. The Bertz CT molecular complexity index is 1460. The first kappa shape index (κ1) is 23.7. The minimum absolute atomic E-state index is 0.0729. The van der Waals surface area contributed by atoms with Gasteiger partial charge in [-0.3, -0.25) is 4.79 Å². The lowest BCUT2D eigenvalue weighted by atomic mass is 10.1. The number of nitriles is 1. The Labute approximate surface area is 207 Å². The van der Waals surface area contributed by atoms with E-state index in [1.165, 1.54) is 37.5 Å². The average Bonchev–Trinajstić information content (AvgIpc) is 2.87. The fraction of sp³-hybridized carbons (Fsp3) is 0.0714. The van der Waals surface area contributed by atoms with Gasteiger partial charge in [0.05, 0.1) is 12.1 Å². The first-order valence-corrected chi connectivity index (χ1v) is 11.0. The summed E-state index contributed by atoms with van der Waals surface area (Å²) in [5.41, 5.74) is 1.80. The van der Waals surface area contributed by atoms with Gasteiger partial charge in [0.25, 0.3) is 5.91 Å². The van der Waals surface area contributed by atoms with E-state index >= 15 is 0 Å². The molecule has 0 heterocycles. The predicted octanol–water partition coefficient (Wildman–Crippen LogP) is 6.33. The van der Waals surface area contributed by atoms with Gasteiger partial charge in [0.1, 0.15) is 24.0 Å². The fourth-order valence-electron chi connectivity index (χ4n) is 3.51. The molecule has 0 fully saturated rings. The number of fused-ring (bicyclic) bond motifs is 1. The van der Waals surface area contributed by atoms with E-state index in [1.807, 2.05) is 42.5 Å². The zero-order chi connectivity index (χ0) is 24.8. The SMILES string of the molecule is COc1cc(/C=C(\C#N)C(=O)Nc2ccc(O)cc2)cc(Cl)c1OCc1ccc2ccccc2c1. The van der Waals surface area contributed by atoms with Gasteiger partial charge in [-0.1, -0.05) is 48.0 Å². The lowest BCUT2D eigenvalue weighted by Crippen LogP contribution is -2.13. The van der Waals surface area contributed by atoms with E-state index in [4.69, 9.17) is 21.1 Å². The second kappa shape index (κ2) is 10.6. The molecule has 0 bridgehead atoms. The number of carbonyl (C=O) groups is 1. The van der Waals surface area contributed by atoms with Crippen molar-refractivity contribution >= 4 is 40.0 Å². The maximum atomic E-state index is 12.5. The van der Waals surface area contributed by atoms with E-state index in [2.05, 4.69) is 11.4 Å². The molecular formula is C28H21ClN2O4. The molecule has 4 rings (SSSR count). The van der Waals surface area contributed by atoms with E-state index in [9.17, 15) is 15.2 Å². The van der Waals surface area contributed by atoms with Crippen molar-refractivity contribution in [1.29, 1.82) is 5.26 Å². The van der Waals surface area contributed by atoms with Gasteiger partial charge in [0.15, 0.2) is 11.5 Å². The molecule has 0 aromatic heterocycles. The average molecular weight is 485 g/mol. The van der Waals surface area contributed by atoms with Crippen LogP contribution in [-0.4, -0.2) is 18.1 Å². The van der Waals surface area contributed by atoms with Crippen molar-refractivity contribution < 1.29 is 19.4 Å². The Morgan fingerprint density at radius 2 is 1.80 bits per heavy atom. The topological polar surface area (TPSA) is 91.6 Å². The van der Waals surface area contributed by atoms with Crippen molar-refractivity contribution in [2.24, 2.45) is 0 Å². The number of amides is 1. The van der Waals surface area contributed by atoms with Crippen LogP contribution in [-0.2, 0) is 11.4 Å². The summed E-state index contributed by atoms with van der Waals surface area (Å²) in [6, 6.07) is 25.2. The lowest BCUT2D eigenvalue weighted by Gasteiger charge is -2.14. The molecule has 1 amide bonds. The molecule has 0 atom stereocenters. The number of rotatable bonds is 7. The number of benzene rings is 4. The highest BCUT2D eigenvalue weighted by Gasteiger charge is 2.15. The highest BCUT2D eigenvalue weighted by atomic mass is 35.5. The van der Waals surface area contributed by atoms with E-state index in [1.54, 1.807) is 12.1 Å². The largest absolute Gasteiger partial charge is 0.508 e. The van der Waals surface area contributed by atoms with Crippen molar-refractivity contribution in [1.82, 2.24) is 0 Å². The number of nitrogens with one attached hydrogen (secondary N) is 1. The monoisotopic (exact) mass is 484 g/mol. The second-order valence-corrected chi connectivity index (χ2v) is 8.08. The first-order valence-electron chi connectivity index (χ1n) is 10.7. The zero-order valence-electron chi connectivity index (χ0n) is 18.8. The van der Waals surface area contributed by atoms with E-state index in [0.29, 0.717) is 22.7 Å². The number of nitrogens with zero attached hydrogens (tertiary/aromatic N) is 1. The number of anilines is 1. The molecule has 4 aromatic carbocycles. The van der Waals surface area contributed by atoms with E-state index < -0.39 is 5.91 Å². The van der Waals surface area contributed by atoms with Crippen LogP contribution in [0.5, 0.6) is 17.2 Å². The number of hydrogen-bond donors (Lipinski definition) is 2. The standard InChI is InChI=1S/C28H21ClN2O4/c1-34-26-15-19(13-22(16-30)28(33)31-23-8-10-24(32)11-9-23)14-25(29)27(26)35-17-18-6-7-20-4-2-3-5-21(20)12-18/h2-15,32H,17H2,1H3,(H,31,33)/b22-13+. The summed E-state index contributed by atoms with van der Waals surface area (Å²) in [4.78, 5) is 12.5. The van der Waals surface area contributed by atoms with Crippen LogP contribution >= 0.6 is 11.6 Å². The first-order chi connectivity index (χ1) is 17.0. The molecule has 35 heavy (non-hydrogen) atoms. The summed E-state index contributed by atoms with van der Waals surface area (Å²) in [7, 11) is 1.49. The third kappa shape index (κ3) is 5.72. The minimum atomic E-state index is -0.593. The third-order valence-corrected chi connectivity index (χ3v) is 5.53. The normalized spacial score (nSPS) is 11.1.